The summed E-state index contributed by atoms with van der Waals surface area (Å²) in [5, 5.41) is 0. The second kappa shape index (κ2) is 8.95. The van der Waals surface area contributed by atoms with Gasteiger partial charge < -0.3 is 9.64 Å². The summed E-state index contributed by atoms with van der Waals surface area (Å²) in [6.07, 6.45) is 3.58. The zero-order valence-electron chi connectivity index (χ0n) is 13.1. The van der Waals surface area contributed by atoms with E-state index in [-0.39, 0.29) is 17.8 Å². The van der Waals surface area contributed by atoms with Gasteiger partial charge in [-0.1, -0.05) is 13.8 Å². The van der Waals surface area contributed by atoms with Crippen molar-refractivity contribution in [2.24, 2.45) is 5.92 Å². The molecule has 5 heteroatoms. The van der Waals surface area contributed by atoms with E-state index in [0.29, 0.717) is 6.54 Å². The predicted molar refractivity (Wildman–Crippen MR) is 78.3 cm³/mol. The van der Waals surface area contributed by atoms with E-state index in [0.717, 1.165) is 51.9 Å². The number of methoxy groups -OCH3 is 1. The average molecular weight is 284 g/mol. The van der Waals surface area contributed by atoms with Gasteiger partial charge in [0.1, 0.15) is 0 Å². The Morgan fingerprint density at radius 1 is 1.15 bits per heavy atom. The molecule has 1 saturated heterocycles. The zero-order chi connectivity index (χ0) is 15.0. The molecular formula is C15H28N2O3. The minimum absolute atomic E-state index is 0.00809. The Balaban J connectivity index is 2.38. The molecular weight excluding hydrogens is 256 g/mol. The molecule has 0 atom stereocenters. The van der Waals surface area contributed by atoms with E-state index < -0.39 is 0 Å². The van der Waals surface area contributed by atoms with Crippen LogP contribution < -0.4 is 0 Å². The maximum atomic E-state index is 12.3. The highest BCUT2D eigenvalue weighted by atomic mass is 16.5. The van der Waals surface area contributed by atoms with Gasteiger partial charge in [-0.2, -0.15) is 0 Å². The number of likely N-dealkylation sites (tertiary alicyclic amines) is 1. The molecule has 0 aromatic rings. The van der Waals surface area contributed by atoms with Gasteiger partial charge in [0.2, 0.25) is 5.91 Å². The number of ether oxygens (including phenoxy) is 1. The maximum absolute atomic E-state index is 12.3. The SMILES string of the molecule is CCCN(CCC)C(=O)CN1CCC(C(=O)OC)CC1. The normalized spacial score (nSPS) is 16.9. The van der Waals surface area contributed by atoms with Gasteiger partial charge in [0.25, 0.3) is 0 Å². The Labute approximate surface area is 122 Å². The molecule has 20 heavy (non-hydrogen) atoms. The van der Waals surface area contributed by atoms with Crippen molar-refractivity contribution >= 4 is 11.9 Å². The van der Waals surface area contributed by atoms with Gasteiger partial charge in [-0.15, -0.1) is 0 Å². The van der Waals surface area contributed by atoms with Crippen LogP contribution in [0.2, 0.25) is 0 Å². The summed E-state index contributed by atoms with van der Waals surface area (Å²) in [5.41, 5.74) is 0. The van der Waals surface area contributed by atoms with Gasteiger partial charge in [-0.05, 0) is 38.8 Å². The fourth-order valence-electron chi connectivity index (χ4n) is 2.69. The van der Waals surface area contributed by atoms with Crippen molar-refractivity contribution in [2.45, 2.75) is 39.5 Å². The number of esters is 1. The summed E-state index contributed by atoms with van der Waals surface area (Å²) in [5.74, 6) is 0.105. The first kappa shape index (κ1) is 17.0. The van der Waals surface area contributed by atoms with Gasteiger partial charge in [-0.25, -0.2) is 0 Å². The summed E-state index contributed by atoms with van der Waals surface area (Å²) < 4.78 is 4.78. The molecule has 0 bridgehead atoms. The Hall–Kier alpha value is -1.10. The van der Waals surface area contributed by atoms with Crippen LogP contribution in [0.5, 0.6) is 0 Å². The molecule has 0 N–H and O–H groups in total. The van der Waals surface area contributed by atoms with Crippen molar-refractivity contribution in [1.82, 2.24) is 9.80 Å². The van der Waals surface area contributed by atoms with Crippen LogP contribution in [0.1, 0.15) is 39.5 Å². The van der Waals surface area contributed by atoms with Crippen LogP contribution in [0.15, 0.2) is 0 Å². The summed E-state index contributed by atoms with van der Waals surface area (Å²) in [6, 6.07) is 0. The molecule has 0 saturated carbocycles. The van der Waals surface area contributed by atoms with Crippen LogP contribution in [-0.4, -0.2) is 61.5 Å². The lowest BCUT2D eigenvalue weighted by atomic mass is 9.97. The molecule has 0 spiro atoms. The highest BCUT2D eigenvalue weighted by Gasteiger charge is 2.27. The molecule has 116 valence electrons. The van der Waals surface area contributed by atoms with Crippen LogP contribution in [-0.2, 0) is 14.3 Å². The van der Waals surface area contributed by atoms with Crippen LogP contribution in [0.3, 0.4) is 0 Å². The van der Waals surface area contributed by atoms with Crippen molar-refractivity contribution in [3.63, 3.8) is 0 Å². The molecule has 5 nitrogen and oxygen atoms in total. The lowest BCUT2D eigenvalue weighted by Crippen LogP contribution is -2.44. The van der Waals surface area contributed by atoms with E-state index in [1.807, 2.05) is 4.90 Å². The van der Waals surface area contributed by atoms with Gasteiger partial charge in [0, 0.05) is 13.1 Å². The first-order chi connectivity index (χ1) is 9.62. The number of carbonyl (C=O) groups is 2. The lowest BCUT2D eigenvalue weighted by Gasteiger charge is -2.32. The number of nitrogens with zero attached hydrogens (tertiary/aromatic N) is 2. The number of amides is 1. The third kappa shape index (κ3) is 5.12. The largest absolute Gasteiger partial charge is 0.469 e. The highest BCUT2D eigenvalue weighted by molar-refractivity contribution is 5.78. The van der Waals surface area contributed by atoms with E-state index in [1.165, 1.54) is 7.11 Å². The predicted octanol–water partition coefficient (Wildman–Crippen LogP) is 1.52. The van der Waals surface area contributed by atoms with E-state index >= 15 is 0 Å². The topological polar surface area (TPSA) is 49.9 Å². The highest BCUT2D eigenvalue weighted by Crippen LogP contribution is 2.18. The third-order valence-electron chi connectivity index (χ3n) is 3.82. The minimum Gasteiger partial charge on any atom is -0.469 e. The van der Waals surface area contributed by atoms with E-state index in [4.69, 9.17) is 4.74 Å². The summed E-state index contributed by atoms with van der Waals surface area (Å²) in [7, 11) is 1.44. The first-order valence-electron chi connectivity index (χ1n) is 7.70. The second-order valence-electron chi connectivity index (χ2n) is 5.45. The van der Waals surface area contributed by atoms with Crippen LogP contribution in [0, 0.1) is 5.92 Å². The third-order valence-corrected chi connectivity index (χ3v) is 3.82. The van der Waals surface area contributed by atoms with Crippen molar-refractivity contribution in [2.75, 3.05) is 39.8 Å². The van der Waals surface area contributed by atoms with Crippen molar-refractivity contribution in [1.29, 1.82) is 0 Å². The molecule has 0 aliphatic carbocycles. The summed E-state index contributed by atoms with van der Waals surface area (Å²) in [4.78, 5) is 27.8. The van der Waals surface area contributed by atoms with Crippen molar-refractivity contribution < 1.29 is 14.3 Å². The van der Waals surface area contributed by atoms with Crippen molar-refractivity contribution in [3.05, 3.63) is 0 Å². The first-order valence-corrected chi connectivity index (χ1v) is 7.70. The smallest absolute Gasteiger partial charge is 0.308 e. The monoisotopic (exact) mass is 284 g/mol. The van der Waals surface area contributed by atoms with Gasteiger partial charge >= 0.3 is 5.97 Å². The molecule has 0 aromatic carbocycles. The number of hydrogen-bond donors (Lipinski definition) is 0. The van der Waals surface area contributed by atoms with Gasteiger partial charge in [-0.3, -0.25) is 14.5 Å². The Morgan fingerprint density at radius 2 is 1.70 bits per heavy atom. The quantitative estimate of drug-likeness (QED) is 0.665. The molecule has 0 aromatic heterocycles. The zero-order valence-corrected chi connectivity index (χ0v) is 13.1. The van der Waals surface area contributed by atoms with Crippen LogP contribution in [0.4, 0.5) is 0 Å². The van der Waals surface area contributed by atoms with E-state index in [9.17, 15) is 9.59 Å². The molecule has 1 aliphatic rings. The lowest BCUT2D eigenvalue weighted by molar-refractivity contribution is -0.147. The van der Waals surface area contributed by atoms with Gasteiger partial charge in [0.05, 0.1) is 19.6 Å². The number of rotatable bonds is 7. The fourth-order valence-corrected chi connectivity index (χ4v) is 2.69. The maximum Gasteiger partial charge on any atom is 0.308 e. The number of piperidine rings is 1. The molecule has 1 aliphatic heterocycles. The van der Waals surface area contributed by atoms with Gasteiger partial charge in [0.15, 0.2) is 0 Å². The van der Waals surface area contributed by atoms with E-state index in [1.54, 1.807) is 0 Å². The summed E-state index contributed by atoms with van der Waals surface area (Å²) >= 11 is 0. The average Bonchev–Trinajstić information content (AvgIpc) is 2.47. The van der Waals surface area contributed by atoms with Crippen molar-refractivity contribution in [3.8, 4) is 0 Å². The minimum atomic E-state index is -0.116. The standard InChI is InChI=1S/C15H28N2O3/c1-4-8-17(9-5-2)14(18)12-16-10-6-13(7-11-16)15(19)20-3/h13H,4-12H2,1-3H3. The number of carbonyl (C=O) groups excluding carboxylic acids is 2. The Morgan fingerprint density at radius 3 is 2.15 bits per heavy atom. The molecule has 0 radical (unpaired) electrons. The molecule has 1 amide bonds. The molecule has 1 heterocycles. The number of hydrogen-bond acceptors (Lipinski definition) is 4. The molecule has 1 rings (SSSR count). The molecule has 0 unspecified atom stereocenters. The Bertz CT molecular complexity index is 306. The molecule has 1 fully saturated rings. The summed E-state index contributed by atoms with van der Waals surface area (Å²) in [6.45, 7) is 7.95. The van der Waals surface area contributed by atoms with E-state index in [2.05, 4.69) is 18.7 Å². The Kier molecular flexibility index (Phi) is 7.59. The van der Waals surface area contributed by atoms with Crippen LogP contribution in [0.25, 0.3) is 0 Å². The fraction of sp³-hybridized carbons (Fsp3) is 0.867. The van der Waals surface area contributed by atoms with Crippen LogP contribution >= 0.6 is 0 Å². The second-order valence-corrected chi connectivity index (χ2v) is 5.45.